The molecular formula is C28H23BrN4O6S. The smallest absolute Gasteiger partial charge is 0.280 e. The van der Waals surface area contributed by atoms with E-state index in [2.05, 4.69) is 26.0 Å². The van der Waals surface area contributed by atoms with Crippen molar-refractivity contribution >= 4 is 72.2 Å². The van der Waals surface area contributed by atoms with Crippen molar-refractivity contribution in [1.29, 1.82) is 0 Å². The van der Waals surface area contributed by atoms with Gasteiger partial charge in [0.05, 0.1) is 43.4 Å². The molecule has 3 amide bonds. The molecule has 2 heterocycles. The number of hydrogen-bond donors (Lipinski definition) is 0. The summed E-state index contributed by atoms with van der Waals surface area (Å²) in [5.41, 5.74) is 1.84. The zero-order chi connectivity index (χ0) is 28.4. The number of hydrazone groups is 1. The van der Waals surface area contributed by atoms with Crippen LogP contribution in [0.4, 0.5) is 10.8 Å². The summed E-state index contributed by atoms with van der Waals surface area (Å²) in [4.78, 5) is 44.2. The number of ether oxygens (including phenoxy) is 3. The van der Waals surface area contributed by atoms with Gasteiger partial charge in [-0.3, -0.25) is 19.3 Å². The monoisotopic (exact) mass is 622 g/mol. The van der Waals surface area contributed by atoms with Gasteiger partial charge in [0.15, 0.2) is 11.5 Å². The molecule has 0 aliphatic carbocycles. The second kappa shape index (κ2) is 11.4. The molecule has 3 aromatic carbocycles. The Hall–Kier alpha value is -4.29. The van der Waals surface area contributed by atoms with Gasteiger partial charge in [-0.1, -0.05) is 33.3 Å². The van der Waals surface area contributed by atoms with Gasteiger partial charge in [0.2, 0.25) is 22.7 Å². The van der Waals surface area contributed by atoms with Crippen molar-refractivity contribution in [3.63, 3.8) is 0 Å². The van der Waals surface area contributed by atoms with Gasteiger partial charge in [-0.2, -0.15) is 10.1 Å². The Morgan fingerprint density at radius 2 is 1.70 bits per heavy atom. The van der Waals surface area contributed by atoms with Crippen molar-refractivity contribution in [2.75, 3.05) is 31.2 Å². The van der Waals surface area contributed by atoms with E-state index in [-0.39, 0.29) is 30.2 Å². The standard InChI is InChI=1S/C28H23BrN4O6S/c1-37-21-11-16(12-22(38-2)26(21)39-3)15-30-33(28-31-20-8-7-18(29)14-23(20)40-28)27(36)17-5-4-6-19(13-17)32-24(34)9-10-25(32)35/h4-8,11-15H,9-10H2,1-3H3/b30-15+. The zero-order valence-corrected chi connectivity index (χ0v) is 24.1. The maximum atomic E-state index is 13.9. The summed E-state index contributed by atoms with van der Waals surface area (Å²) in [6.45, 7) is 0. The van der Waals surface area contributed by atoms with Gasteiger partial charge < -0.3 is 14.2 Å². The quantitative estimate of drug-likeness (QED) is 0.147. The SMILES string of the molecule is COc1cc(/C=N/N(C(=O)c2cccc(N3C(=O)CCC3=O)c2)c2nc3ccc(Br)cc3s2)cc(OC)c1OC. The summed E-state index contributed by atoms with van der Waals surface area (Å²) in [5.74, 6) is 0.182. The highest BCUT2D eigenvalue weighted by Crippen LogP contribution is 2.38. The highest BCUT2D eigenvalue weighted by atomic mass is 79.9. The van der Waals surface area contributed by atoms with Gasteiger partial charge in [-0.25, -0.2) is 4.98 Å². The largest absolute Gasteiger partial charge is 0.493 e. The molecule has 0 spiro atoms. The Bertz CT molecular complexity index is 1630. The molecule has 204 valence electrons. The Labute approximate surface area is 241 Å². The van der Waals surface area contributed by atoms with Crippen LogP contribution in [0.1, 0.15) is 28.8 Å². The summed E-state index contributed by atoms with van der Waals surface area (Å²) in [6.07, 6.45) is 1.77. The van der Waals surface area contributed by atoms with Gasteiger partial charge in [0.1, 0.15) is 0 Å². The summed E-state index contributed by atoms with van der Waals surface area (Å²) >= 11 is 4.76. The predicted octanol–water partition coefficient (Wildman–Crippen LogP) is 5.42. The lowest BCUT2D eigenvalue weighted by molar-refractivity contribution is -0.121. The first-order valence-electron chi connectivity index (χ1n) is 12.0. The van der Waals surface area contributed by atoms with Crippen molar-refractivity contribution in [3.05, 3.63) is 70.2 Å². The average Bonchev–Trinajstić information content (AvgIpc) is 3.53. The molecule has 0 bridgehead atoms. The van der Waals surface area contributed by atoms with E-state index in [1.807, 2.05) is 18.2 Å². The van der Waals surface area contributed by atoms with Crippen LogP contribution in [-0.4, -0.2) is 50.2 Å². The number of methoxy groups -OCH3 is 3. The van der Waals surface area contributed by atoms with E-state index >= 15 is 0 Å². The van der Waals surface area contributed by atoms with E-state index in [1.165, 1.54) is 50.0 Å². The number of carbonyl (C=O) groups is 3. The molecule has 5 rings (SSSR count). The Kier molecular flexibility index (Phi) is 7.81. The molecule has 12 heteroatoms. The summed E-state index contributed by atoms with van der Waals surface area (Å²) < 4.78 is 18.0. The molecule has 1 aliphatic heterocycles. The van der Waals surface area contributed by atoms with Crippen LogP contribution in [0.5, 0.6) is 17.2 Å². The van der Waals surface area contributed by atoms with Crippen LogP contribution in [-0.2, 0) is 9.59 Å². The third kappa shape index (κ3) is 5.27. The first kappa shape index (κ1) is 27.3. The fraction of sp³-hybridized carbons (Fsp3) is 0.179. The molecule has 1 saturated heterocycles. The first-order valence-corrected chi connectivity index (χ1v) is 13.6. The molecule has 0 radical (unpaired) electrons. The number of amides is 3. The van der Waals surface area contributed by atoms with Crippen molar-refractivity contribution in [3.8, 4) is 17.2 Å². The fourth-order valence-corrected chi connectivity index (χ4v) is 5.70. The molecule has 1 aliphatic rings. The molecule has 1 fully saturated rings. The number of hydrogen-bond acceptors (Lipinski definition) is 9. The number of imide groups is 1. The number of carbonyl (C=O) groups excluding carboxylic acids is 3. The number of benzene rings is 3. The predicted molar refractivity (Wildman–Crippen MR) is 156 cm³/mol. The number of rotatable bonds is 8. The third-order valence-electron chi connectivity index (χ3n) is 6.12. The molecule has 0 N–H and O–H groups in total. The van der Waals surface area contributed by atoms with Gasteiger partial charge >= 0.3 is 0 Å². The normalized spacial score (nSPS) is 13.3. The maximum absolute atomic E-state index is 13.9. The Balaban J connectivity index is 1.57. The molecule has 10 nitrogen and oxygen atoms in total. The van der Waals surface area contributed by atoms with E-state index in [4.69, 9.17) is 14.2 Å². The van der Waals surface area contributed by atoms with E-state index in [0.29, 0.717) is 39.1 Å². The lowest BCUT2D eigenvalue weighted by Gasteiger charge is -2.17. The maximum Gasteiger partial charge on any atom is 0.280 e. The number of thiazole rings is 1. The van der Waals surface area contributed by atoms with Crippen molar-refractivity contribution < 1.29 is 28.6 Å². The Morgan fingerprint density at radius 1 is 1.00 bits per heavy atom. The zero-order valence-electron chi connectivity index (χ0n) is 21.7. The number of fused-ring (bicyclic) bond motifs is 1. The van der Waals surface area contributed by atoms with E-state index in [9.17, 15) is 14.4 Å². The third-order valence-corrected chi connectivity index (χ3v) is 7.61. The average molecular weight is 623 g/mol. The van der Waals surface area contributed by atoms with Crippen LogP contribution < -0.4 is 24.1 Å². The minimum atomic E-state index is -0.497. The van der Waals surface area contributed by atoms with E-state index in [0.717, 1.165) is 14.1 Å². The minimum Gasteiger partial charge on any atom is -0.493 e. The highest BCUT2D eigenvalue weighted by Gasteiger charge is 2.31. The summed E-state index contributed by atoms with van der Waals surface area (Å²) in [7, 11) is 4.53. The molecule has 4 aromatic rings. The van der Waals surface area contributed by atoms with Crippen molar-refractivity contribution in [1.82, 2.24) is 4.98 Å². The van der Waals surface area contributed by atoms with Gasteiger partial charge in [0, 0.05) is 28.4 Å². The number of nitrogens with zero attached hydrogens (tertiary/aromatic N) is 4. The number of anilines is 2. The topological polar surface area (TPSA) is 111 Å². The minimum absolute atomic E-state index is 0.142. The van der Waals surface area contributed by atoms with Gasteiger partial charge in [0.25, 0.3) is 5.91 Å². The second-order valence-electron chi connectivity index (χ2n) is 8.60. The first-order chi connectivity index (χ1) is 19.3. The highest BCUT2D eigenvalue weighted by molar-refractivity contribution is 9.10. The van der Waals surface area contributed by atoms with Crippen LogP contribution >= 0.6 is 27.3 Å². The molecule has 1 aromatic heterocycles. The molecule has 0 saturated carbocycles. The van der Waals surface area contributed by atoms with Crippen LogP contribution in [0, 0.1) is 0 Å². The lowest BCUT2D eigenvalue weighted by atomic mass is 10.1. The summed E-state index contributed by atoms with van der Waals surface area (Å²) in [6, 6.07) is 15.4. The molecule has 0 atom stereocenters. The molecule has 40 heavy (non-hydrogen) atoms. The van der Waals surface area contributed by atoms with Crippen LogP contribution in [0.3, 0.4) is 0 Å². The summed E-state index contributed by atoms with van der Waals surface area (Å²) in [5, 5.41) is 6.04. The van der Waals surface area contributed by atoms with Gasteiger partial charge in [-0.05, 0) is 48.5 Å². The second-order valence-corrected chi connectivity index (χ2v) is 10.5. The fourth-order valence-electron chi connectivity index (χ4n) is 4.23. The van der Waals surface area contributed by atoms with Crippen molar-refractivity contribution in [2.45, 2.75) is 12.8 Å². The van der Waals surface area contributed by atoms with Crippen LogP contribution in [0.25, 0.3) is 10.2 Å². The number of aromatic nitrogens is 1. The number of halogens is 1. The molecular weight excluding hydrogens is 600 g/mol. The molecule has 0 unspecified atom stereocenters. The van der Waals surface area contributed by atoms with E-state index in [1.54, 1.807) is 30.3 Å². The Morgan fingerprint density at radius 3 is 2.35 bits per heavy atom. The van der Waals surface area contributed by atoms with Crippen molar-refractivity contribution in [2.24, 2.45) is 5.10 Å². The van der Waals surface area contributed by atoms with Crippen LogP contribution in [0.2, 0.25) is 0 Å². The van der Waals surface area contributed by atoms with Crippen LogP contribution in [0.15, 0.2) is 64.2 Å². The lowest BCUT2D eigenvalue weighted by Crippen LogP contribution is -2.29. The van der Waals surface area contributed by atoms with E-state index < -0.39 is 5.91 Å². The van der Waals surface area contributed by atoms with Gasteiger partial charge in [-0.15, -0.1) is 0 Å².